The van der Waals surface area contributed by atoms with Crippen molar-refractivity contribution in [2.45, 2.75) is 32.6 Å². The lowest BCUT2D eigenvalue weighted by Crippen LogP contribution is -2.27. The lowest BCUT2D eigenvalue weighted by atomic mass is 10.00. The summed E-state index contributed by atoms with van der Waals surface area (Å²) in [5, 5.41) is 8.60. The summed E-state index contributed by atoms with van der Waals surface area (Å²) < 4.78 is 0. The highest BCUT2D eigenvalue weighted by Gasteiger charge is 2.15. The molecule has 1 aliphatic rings. The molecule has 1 N–H and O–H groups in total. The molecule has 0 aliphatic carbocycles. The van der Waals surface area contributed by atoms with E-state index in [-0.39, 0.29) is 23.4 Å². The van der Waals surface area contributed by atoms with Crippen molar-refractivity contribution in [3.8, 4) is 0 Å². The number of unbranched alkanes of at least 4 members (excludes halogenated alkanes) is 2. The second kappa shape index (κ2) is 8.10. The second-order valence-corrected chi connectivity index (χ2v) is 5.05. The van der Waals surface area contributed by atoms with E-state index in [4.69, 9.17) is 5.11 Å². The van der Waals surface area contributed by atoms with Crippen LogP contribution < -0.4 is 4.90 Å². The summed E-state index contributed by atoms with van der Waals surface area (Å²) in [4.78, 5) is 12.8. The Balaban J connectivity index is 0.00000200. The lowest BCUT2D eigenvalue weighted by Gasteiger charge is -2.30. The molecule has 20 heavy (non-hydrogen) atoms. The number of hydrogen-bond acceptors (Lipinski definition) is 2. The number of rotatable bonds is 6. The predicted octanol–water partition coefficient (Wildman–Crippen LogP) is 4.13. The summed E-state index contributed by atoms with van der Waals surface area (Å²) in [5.74, 6) is -0.693. The standard InChI is InChI=1S/C16H21NO2.BrH/c1-13-10-12-17(11-6-2-3-9-16(18)19)15-8-5-4-7-14(13)15;/h4-5,7-8,10H,2-3,6,9,11-12H2,1H3,(H,18,19);1H. The zero-order valence-corrected chi connectivity index (χ0v) is 13.6. The number of carboxylic acids is 1. The number of halogens is 1. The molecule has 0 bridgehead atoms. The second-order valence-electron chi connectivity index (χ2n) is 5.05. The zero-order valence-electron chi connectivity index (χ0n) is 11.8. The Labute approximate surface area is 131 Å². The van der Waals surface area contributed by atoms with Crippen LogP contribution in [0.1, 0.15) is 38.2 Å². The molecule has 0 fully saturated rings. The van der Waals surface area contributed by atoms with Gasteiger partial charge in [0.1, 0.15) is 0 Å². The van der Waals surface area contributed by atoms with Crippen LogP contribution in [0.5, 0.6) is 0 Å². The maximum absolute atomic E-state index is 10.4. The molecule has 0 unspecified atom stereocenters. The number of anilines is 1. The SMILES string of the molecule is Br.CC1=CCN(CCCCCC(=O)O)c2ccccc21. The highest BCUT2D eigenvalue weighted by Crippen LogP contribution is 2.30. The van der Waals surface area contributed by atoms with E-state index in [0.717, 1.165) is 32.4 Å². The quantitative estimate of drug-likeness (QED) is 0.792. The van der Waals surface area contributed by atoms with Gasteiger partial charge >= 0.3 is 5.97 Å². The first-order valence-corrected chi connectivity index (χ1v) is 6.91. The van der Waals surface area contributed by atoms with E-state index in [0.29, 0.717) is 0 Å². The molecule has 0 radical (unpaired) electrons. The summed E-state index contributed by atoms with van der Waals surface area (Å²) in [6.07, 6.45) is 5.36. The molecule has 0 spiro atoms. The van der Waals surface area contributed by atoms with Crippen LogP contribution in [0.15, 0.2) is 30.3 Å². The molecule has 1 aliphatic heterocycles. The van der Waals surface area contributed by atoms with Crippen molar-refractivity contribution in [1.29, 1.82) is 0 Å². The van der Waals surface area contributed by atoms with Gasteiger partial charge in [-0.25, -0.2) is 0 Å². The van der Waals surface area contributed by atoms with Gasteiger partial charge in [-0.1, -0.05) is 30.7 Å². The van der Waals surface area contributed by atoms with E-state index in [9.17, 15) is 4.79 Å². The molecule has 4 heteroatoms. The van der Waals surface area contributed by atoms with E-state index in [1.807, 2.05) is 0 Å². The molecule has 1 heterocycles. The normalized spacial score (nSPS) is 13.2. The summed E-state index contributed by atoms with van der Waals surface area (Å²) in [6, 6.07) is 8.49. The Hall–Kier alpha value is -1.29. The van der Waals surface area contributed by atoms with Crippen LogP contribution in [-0.2, 0) is 4.79 Å². The van der Waals surface area contributed by atoms with Crippen LogP contribution in [0.3, 0.4) is 0 Å². The Bertz CT molecular complexity index is 485. The van der Waals surface area contributed by atoms with Gasteiger partial charge in [-0.3, -0.25) is 4.79 Å². The number of hydrogen-bond donors (Lipinski definition) is 1. The number of para-hydroxylation sites is 1. The Morgan fingerprint density at radius 3 is 2.75 bits per heavy atom. The number of benzene rings is 1. The first-order chi connectivity index (χ1) is 9.18. The molecule has 2 rings (SSSR count). The first-order valence-electron chi connectivity index (χ1n) is 6.91. The lowest BCUT2D eigenvalue weighted by molar-refractivity contribution is -0.137. The van der Waals surface area contributed by atoms with Crippen LogP contribution in [0.2, 0.25) is 0 Å². The summed E-state index contributed by atoms with van der Waals surface area (Å²) in [7, 11) is 0. The fourth-order valence-electron chi connectivity index (χ4n) is 2.51. The molecule has 0 saturated carbocycles. The zero-order chi connectivity index (χ0) is 13.7. The molecular weight excluding hydrogens is 318 g/mol. The van der Waals surface area contributed by atoms with E-state index < -0.39 is 5.97 Å². The molecule has 1 aromatic rings. The topological polar surface area (TPSA) is 40.5 Å². The Kier molecular flexibility index (Phi) is 6.79. The summed E-state index contributed by atoms with van der Waals surface area (Å²) in [5.41, 5.74) is 3.97. The third-order valence-corrected chi connectivity index (χ3v) is 3.61. The minimum absolute atomic E-state index is 0. The minimum Gasteiger partial charge on any atom is -0.481 e. The third kappa shape index (κ3) is 4.37. The molecule has 3 nitrogen and oxygen atoms in total. The predicted molar refractivity (Wildman–Crippen MR) is 88.7 cm³/mol. The first kappa shape index (κ1) is 16.8. The van der Waals surface area contributed by atoms with Gasteiger partial charge in [0.25, 0.3) is 0 Å². The highest BCUT2D eigenvalue weighted by atomic mass is 79.9. The summed E-state index contributed by atoms with van der Waals surface area (Å²) in [6.45, 7) is 4.12. The summed E-state index contributed by atoms with van der Waals surface area (Å²) >= 11 is 0. The molecule has 0 aromatic heterocycles. The molecule has 1 aromatic carbocycles. The molecular formula is C16H22BrNO2. The van der Waals surface area contributed by atoms with Crippen LogP contribution in [0.4, 0.5) is 5.69 Å². The van der Waals surface area contributed by atoms with Crippen LogP contribution in [0.25, 0.3) is 5.57 Å². The van der Waals surface area contributed by atoms with Crippen molar-refractivity contribution in [2.24, 2.45) is 0 Å². The molecule has 110 valence electrons. The van der Waals surface area contributed by atoms with Gasteiger partial charge in [0.15, 0.2) is 0 Å². The number of fused-ring (bicyclic) bond motifs is 1. The van der Waals surface area contributed by atoms with Gasteiger partial charge in [-0.15, -0.1) is 17.0 Å². The van der Waals surface area contributed by atoms with Gasteiger partial charge in [0.05, 0.1) is 0 Å². The maximum atomic E-state index is 10.4. The van der Waals surface area contributed by atoms with Crippen LogP contribution in [-0.4, -0.2) is 24.2 Å². The molecule has 0 amide bonds. The van der Waals surface area contributed by atoms with Crippen molar-refractivity contribution in [3.63, 3.8) is 0 Å². The van der Waals surface area contributed by atoms with E-state index >= 15 is 0 Å². The number of nitrogens with zero attached hydrogens (tertiary/aromatic N) is 1. The van der Waals surface area contributed by atoms with Gasteiger partial charge in [-0.05, 0) is 31.4 Å². The fourth-order valence-corrected chi connectivity index (χ4v) is 2.51. The smallest absolute Gasteiger partial charge is 0.303 e. The van der Waals surface area contributed by atoms with Crippen molar-refractivity contribution >= 4 is 34.2 Å². The van der Waals surface area contributed by atoms with Gasteiger partial charge in [0, 0.05) is 30.8 Å². The average Bonchev–Trinajstić information content (AvgIpc) is 2.41. The van der Waals surface area contributed by atoms with Gasteiger partial charge < -0.3 is 10.0 Å². The van der Waals surface area contributed by atoms with E-state index in [1.54, 1.807) is 0 Å². The number of carboxylic acid groups (broad SMARTS) is 1. The Morgan fingerprint density at radius 2 is 2.00 bits per heavy atom. The van der Waals surface area contributed by atoms with Crippen molar-refractivity contribution in [1.82, 2.24) is 0 Å². The van der Waals surface area contributed by atoms with Crippen molar-refractivity contribution in [3.05, 3.63) is 35.9 Å². The van der Waals surface area contributed by atoms with Crippen molar-refractivity contribution < 1.29 is 9.90 Å². The number of allylic oxidation sites excluding steroid dienone is 1. The third-order valence-electron chi connectivity index (χ3n) is 3.61. The van der Waals surface area contributed by atoms with E-state index in [2.05, 4.69) is 42.2 Å². The van der Waals surface area contributed by atoms with Crippen molar-refractivity contribution in [2.75, 3.05) is 18.0 Å². The molecule has 0 saturated heterocycles. The largest absolute Gasteiger partial charge is 0.481 e. The maximum Gasteiger partial charge on any atom is 0.303 e. The van der Waals surface area contributed by atoms with E-state index in [1.165, 1.54) is 16.8 Å². The Morgan fingerprint density at radius 1 is 1.25 bits per heavy atom. The molecule has 0 atom stereocenters. The number of aliphatic carboxylic acids is 1. The van der Waals surface area contributed by atoms with Gasteiger partial charge in [-0.2, -0.15) is 0 Å². The van der Waals surface area contributed by atoms with Crippen LogP contribution in [0, 0.1) is 0 Å². The highest BCUT2D eigenvalue weighted by molar-refractivity contribution is 8.93. The van der Waals surface area contributed by atoms with Crippen LogP contribution >= 0.6 is 17.0 Å². The monoisotopic (exact) mass is 339 g/mol. The fraction of sp³-hybridized carbons (Fsp3) is 0.438. The minimum atomic E-state index is -0.693. The average molecular weight is 340 g/mol. The number of carbonyl (C=O) groups is 1. The van der Waals surface area contributed by atoms with Gasteiger partial charge in [0.2, 0.25) is 0 Å².